The van der Waals surface area contributed by atoms with Crippen LogP contribution >= 0.6 is 0 Å². The number of aliphatic hydroxyl groups is 1. The Bertz CT molecular complexity index is 1640. The van der Waals surface area contributed by atoms with Crippen LogP contribution in [0.5, 0.6) is 0 Å². The average molecular weight is 573 g/mol. The zero-order valence-corrected chi connectivity index (χ0v) is 23.5. The molecule has 0 aliphatic heterocycles. The second-order valence-electron chi connectivity index (χ2n) is 11.8. The van der Waals surface area contributed by atoms with Gasteiger partial charge in [-0.1, -0.05) is 0 Å². The number of aromatic nitrogens is 5. The average Bonchev–Trinajstić information content (AvgIpc) is 3.56. The Kier molecular flexibility index (Phi) is 7.36. The maximum Gasteiger partial charge on any atom is 0.255 e. The van der Waals surface area contributed by atoms with E-state index in [1.165, 1.54) is 26.2 Å². The van der Waals surface area contributed by atoms with Crippen molar-refractivity contribution in [3.05, 3.63) is 59.6 Å². The number of anilines is 1. The van der Waals surface area contributed by atoms with Gasteiger partial charge in [-0.2, -0.15) is 10.4 Å². The van der Waals surface area contributed by atoms with Crippen LogP contribution in [0.4, 0.5) is 10.1 Å². The monoisotopic (exact) mass is 572 g/mol. The van der Waals surface area contributed by atoms with E-state index in [9.17, 15) is 19.6 Å². The number of nitrogens with one attached hydrogen (secondary N) is 2. The molecule has 2 aliphatic carbocycles. The normalized spacial score (nSPS) is 19.8. The van der Waals surface area contributed by atoms with Gasteiger partial charge in [0.1, 0.15) is 12.2 Å². The van der Waals surface area contributed by atoms with Crippen LogP contribution in [-0.2, 0) is 0 Å². The molecule has 4 heterocycles. The number of carbonyl (C=O) groups is 1. The molecule has 2 saturated carbocycles. The number of halogens is 1. The predicted octanol–water partition coefficient (Wildman–Crippen LogP) is 4.51. The van der Waals surface area contributed by atoms with E-state index in [2.05, 4.69) is 37.0 Å². The number of nitriles is 1. The Labute approximate surface area is 242 Å². The van der Waals surface area contributed by atoms with E-state index in [0.717, 1.165) is 49.9 Å². The molecule has 1 amide bonds. The van der Waals surface area contributed by atoms with Crippen LogP contribution in [0, 0.1) is 11.3 Å². The first-order valence-electron chi connectivity index (χ1n) is 14.3. The van der Waals surface area contributed by atoms with Crippen LogP contribution in [0.15, 0.2) is 41.1 Å². The summed E-state index contributed by atoms with van der Waals surface area (Å²) in [7, 11) is 0. The van der Waals surface area contributed by atoms with E-state index in [0.29, 0.717) is 34.4 Å². The molecule has 0 unspecified atom stereocenters. The SMILES string of the molecule is CC(C)(O)[C@H](F)CNC(=O)c1cnc(-c2ccc3cc(C#N)cnn23)cc1NC1CCC(c2nnc(C3CC3)o2)CC1. The van der Waals surface area contributed by atoms with Gasteiger partial charge in [0.05, 0.1) is 52.1 Å². The lowest BCUT2D eigenvalue weighted by Gasteiger charge is -2.29. The largest absolute Gasteiger partial charge is 0.425 e. The maximum atomic E-state index is 14.4. The molecule has 4 aromatic heterocycles. The van der Waals surface area contributed by atoms with E-state index >= 15 is 0 Å². The minimum atomic E-state index is -1.64. The number of fused-ring (bicyclic) bond motifs is 1. The molecule has 6 rings (SSSR count). The minimum Gasteiger partial charge on any atom is -0.425 e. The molecular formula is C30H33FN8O3. The first-order chi connectivity index (χ1) is 20.2. The van der Waals surface area contributed by atoms with Crippen LogP contribution in [0.3, 0.4) is 0 Å². The summed E-state index contributed by atoms with van der Waals surface area (Å²) >= 11 is 0. The lowest BCUT2D eigenvalue weighted by atomic mass is 9.85. The van der Waals surface area contributed by atoms with Crippen molar-refractivity contribution in [2.45, 2.75) is 82.0 Å². The van der Waals surface area contributed by atoms with Gasteiger partial charge in [0.2, 0.25) is 11.8 Å². The highest BCUT2D eigenvalue weighted by Crippen LogP contribution is 2.41. The second-order valence-corrected chi connectivity index (χ2v) is 11.8. The van der Waals surface area contributed by atoms with Crippen molar-refractivity contribution in [3.63, 3.8) is 0 Å². The third kappa shape index (κ3) is 5.83. The van der Waals surface area contributed by atoms with Gasteiger partial charge in [0.15, 0.2) is 0 Å². The van der Waals surface area contributed by atoms with Gasteiger partial charge in [0.25, 0.3) is 5.91 Å². The molecule has 2 fully saturated rings. The first kappa shape index (κ1) is 27.8. The third-order valence-electron chi connectivity index (χ3n) is 8.07. The second kappa shape index (κ2) is 11.1. The Morgan fingerprint density at radius 3 is 2.48 bits per heavy atom. The highest BCUT2D eigenvalue weighted by molar-refractivity contribution is 6.00. The first-order valence-corrected chi connectivity index (χ1v) is 14.3. The molecule has 0 aromatic carbocycles. The fraction of sp³-hybridized carbons (Fsp3) is 0.467. The lowest BCUT2D eigenvalue weighted by molar-refractivity contribution is -0.00177. The van der Waals surface area contributed by atoms with Gasteiger partial charge in [-0.3, -0.25) is 9.78 Å². The van der Waals surface area contributed by atoms with Gasteiger partial charge in [-0.25, -0.2) is 8.91 Å². The molecule has 0 saturated heterocycles. The summed E-state index contributed by atoms with van der Waals surface area (Å²) in [6.45, 7) is 2.39. The van der Waals surface area contributed by atoms with Crippen LogP contribution in [-0.4, -0.2) is 60.2 Å². The smallest absolute Gasteiger partial charge is 0.255 e. The zero-order valence-electron chi connectivity index (χ0n) is 23.5. The molecule has 2 aliphatic rings. The number of alkyl halides is 1. The molecular weight excluding hydrogens is 539 g/mol. The fourth-order valence-electron chi connectivity index (χ4n) is 5.29. The zero-order chi connectivity index (χ0) is 29.4. The van der Waals surface area contributed by atoms with Gasteiger partial charge < -0.3 is 20.2 Å². The van der Waals surface area contributed by atoms with E-state index in [1.807, 2.05) is 12.1 Å². The summed E-state index contributed by atoms with van der Waals surface area (Å²) in [6, 6.07) is 9.42. The quantitative estimate of drug-likeness (QED) is 0.263. The van der Waals surface area contributed by atoms with Crippen LogP contribution in [0.1, 0.15) is 91.9 Å². The van der Waals surface area contributed by atoms with E-state index < -0.39 is 17.7 Å². The Balaban J connectivity index is 1.23. The molecule has 0 bridgehead atoms. The molecule has 0 radical (unpaired) electrons. The number of carbonyl (C=O) groups excluding carboxylic acids is 1. The number of hydrogen-bond acceptors (Lipinski definition) is 9. The standard InChI is InChI=1S/C30H33FN8O3/c1-30(2,41)26(31)16-34-27(40)22-15-33-24(25-10-9-21-11-17(13-32)14-35-39(21)25)12-23(22)36-20-7-5-19(6-8-20)29-38-37-28(42-29)18-3-4-18/h9-12,14-15,18-20,26,41H,3-8,16H2,1-2H3,(H,33,36)(H,34,40)/t19?,20?,26-/m1/s1. The van der Waals surface area contributed by atoms with E-state index in [4.69, 9.17) is 4.42 Å². The fourth-order valence-corrected chi connectivity index (χ4v) is 5.29. The number of amides is 1. The molecule has 0 spiro atoms. The summed E-state index contributed by atoms with van der Waals surface area (Å²) in [5, 5.41) is 38.2. The molecule has 12 heteroatoms. The van der Waals surface area contributed by atoms with Crippen molar-refractivity contribution in [2.75, 3.05) is 11.9 Å². The molecule has 3 N–H and O–H groups in total. The lowest BCUT2D eigenvalue weighted by Crippen LogP contribution is -2.42. The molecule has 42 heavy (non-hydrogen) atoms. The van der Waals surface area contributed by atoms with Crippen molar-refractivity contribution in [3.8, 4) is 17.5 Å². The molecule has 4 aromatic rings. The van der Waals surface area contributed by atoms with Gasteiger partial charge in [0, 0.05) is 24.1 Å². The maximum absolute atomic E-state index is 14.4. The van der Waals surface area contributed by atoms with E-state index in [-0.39, 0.29) is 24.1 Å². The molecule has 11 nitrogen and oxygen atoms in total. The van der Waals surface area contributed by atoms with Crippen LogP contribution in [0.2, 0.25) is 0 Å². The van der Waals surface area contributed by atoms with Gasteiger partial charge in [-0.05, 0) is 76.6 Å². The number of rotatable bonds is 9. The Morgan fingerprint density at radius 2 is 1.83 bits per heavy atom. The summed E-state index contributed by atoms with van der Waals surface area (Å²) in [5.41, 5.74) is 1.73. The molecule has 1 atom stereocenters. The van der Waals surface area contributed by atoms with Crippen molar-refractivity contribution in [2.24, 2.45) is 0 Å². The van der Waals surface area contributed by atoms with Crippen molar-refractivity contribution in [1.82, 2.24) is 30.1 Å². The highest BCUT2D eigenvalue weighted by Gasteiger charge is 2.32. The molecule has 218 valence electrons. The minimum absolute atomic E-state index is 0.0829. The van der Waals surface area contributed by atoms with Crippen LogP contribution in [0.25, 0.3) is 16.9 Å². The highest BCUT2D eigenvalue weighted by atomic mass is 19.1. The van der Waals surface area contributed by atoms with Gasteiger partial charge in [-0.15, -0.1) is 10.2 Å². The summed E-state index contributed by atoms with van der Waals surface area (Å²) in [5.74, 6) is 1.60. The number of nitrogens with zero attached hydrogens (tertiary/aromatic N) is 6. The summed E-state index contributed by atoms with van der Waals surface area (Å²) in [6.07, 6.45) is 6.95. The Morgan fingerprint density at radius 1 is 1.14 bits per heavy atom. The topological polar surface area (TPSA) is 154 Å². The van der Waals surface area contributed by atoms with Crippen molar-refractivity contribution >= 4 is 17.1 Å². The van der Waals surface area contributed by atoms with Crippen molar-refractivity contribution < 1.29 is 18.7 Å². The van der Waals surface area contributed by atoms with Gasteiger partial charge >= 0.3 is 0 Å². The third-order valence-corrected chi connectivity index (χ3v) is 8.07. The van der Waals surface area contributed by atoms with Crippen LogP contribution < -0.4 is 10.6 Å². The summed E-state index contributed by atoms with van der Waals surface area (Å²) in [4.78, 5) is 17.7. The Hall–Kier alpha value is -4.37. The summed E-state index contributed by atoms with van der Waals surface area (Å²) < 4.78 is 22.0. The van der Waals surface area contributed by atoms with E-state index in [1.54, 1.807) is 16.6 Å². The predicted molar refractivity (Wildman–Crippen MR) is 152 cm³/mol. The van der Waals surface area contributed by atoms with Crippen molar-refractivity contribution in [1.29, 1.82) is 5.26 Å². The number of pyridine rings is 1. The number of hydrogen-bond donors (Lipinski definition) is 3.